The lowest BCUT2D eigenvalue weighted by Crippen LogP contribution is -2.10. The molecule has 0 saturated heterocycles. The molecule has 108 valence electrons. The van der Waals surface area contributed by atoms with Crippen molar-refractivity contribution in [2.45, 2.75) is 39.8 Å². The minimum Gasteiger partial charge on any atom is -0.482 e. The maximum Gasteiger partial charge on any atom is 0.264 e. The number of rotatable bonds is 6. The van der Waals surface area contributed by atoms with Crippen LogP contribution in [-0.2, 0) is 13.2 Å². The average Bonchev–Trinajstić information content (AvgIpc) is 2.87. The van der Waals surface area contributed by atoms with Crippen molar-refractivity contribution in [2.75, 3.05) is 7.05 Å². The van der Waals surface area contributed by atoms with Crippen LogP contribution in [0.5, 0.6) is 5.75 Å². The van der Waals surface area contributed by atoms with E-state index in [1.807, 2.05) is 40.0 Å². The summed E-state index contributed by atoms with van der Waals surface area (Å²) < 4.78 is 10.9. The Bertz CT molecular complexity index is 566. The number of pyridine rings is 1. The molecule has 0 aliphatic carbocycles. The second kappa shape index (κ2) is 6.47. The van der Waals surface area contributed by atoms with Gasteiger partial charge in [0.25, 0.3) is 5.89 Å². The number of hydrogen-bond donors (Lipinski definition) is 1. The molecule has 2 aromatic heterocycles. The molecular formula is C14H20N4O2. The molecule has 2 aromatic rings. The second-order valence-corrected chi connectivity index (χ2v) is 4.92. The van der Waals surface area contributed by atoms with Gasteiger partial charge in [-0.25, -0.2) is 0 Å². The van der Waals surface area contributed by atoms with Crippen LogP contribution in [0, 0.1) is 6.92 Å². The van der Waals surface area contributed by atoms with Crippen molar-refractivity contribution in [2.24, 2.45) is 0 Å². The molecule has 20 heavy (non-hydrogen) atoms. The summed E-state index contributed by atoms with van der Waals surface area (Å²) in [5, 5.41) is 6.98. The normalized spacial score (nSPS) is 11.1. The Labute approximate surface area is 118 Å². The zero-order valence-electron chi connectivity index (χ0n) is 12.3. The predicted molar refractivity (Wildman–Crippen MR) is 74.5 cm³/mol. The lowest BCUT2D eigenvalue weighted by Gasteiger charge is -2.09. The quantitative estimate of drug-likeness (QED) is 0.872. The van der Waals surface area contributed by atoms with Crippen molar-refractivity contribution in [3.63, 3.8) is 0 Å². The summed E-state index contributed by atoms with van der Waals surface area (Å²) in [6.45, 7) is 6.89. The van der Waals surface area contributed by atoms with E-state index in [9.17, 15) is 0 Å². The number of nitrogens with zero attached hydrogens (tertiary/aromatic N) is 3. The molecule has 0 bridgehead atoms. The minimum atomic E-state index is 0.244. The zero-order valence-corrected chi connectivity index (χ0v) is 12.3. The third-order valence-corrected chi connectivity index (χ3v) is 2.77. The van der Waals surface area contributed by atoms with Crippen LogP contribution in [0.2, 0.25) is 0 Å². The highest BCUT2D eigenvalue weighted by molar-refractivity contribution is 5.29. The first-order valence-electron chi connectivity index (χ1n) is 6.66. The molecule has 0 unspecified atom stereocenters. The predicted octanol–water partition coefficient (Wildman–Crippen LogP) is 2.19. The van der Waals surface area contributed by atoms with Crippen LogP contribution in [-0.4, -0.2) is 22.2 Å². The highest BCUT2D eigenvalue weighted by atomic mass is 16.5. The summed E-state index contributed by atoms with van der Waals surface area (Å²) in [5.41, 5.74) is 1.83. The molecule has 0 aliphatic rings. The van der Waals surface area contributed by atoms with Gasteiger partial charge in [0.15, 0.2) is 12.4 Å². The number of ether oxygens (including phenoxy) is 1. The summed E-state index contributed by atoms with van der Waals surface area (Å²) in [7, 11) is 1.88. The first-order valence-corrected chi connectivity index (χ1v) is 6.66. The second-order valence-electron chi connectivity index (χ2n) is 4.92. The number of aromatic nitrogens is 3. The van der Waals surface area contributed by atoms with Gasteiger partial charge in [-0.1, -0.05) is 19.0 Å². The maximum absolute atomic E-state index is 5.73. The highest BCUT2D eigenvalue weighted by Crippen LogP contribution is 2.18. The van der Waals surface area contributed by atoms with Gasteiger partial charge < -0.3 is 14.6 Å². The monoisotopic (exact) mass is 276 g/mol. The van der Waals surface area contributed by atoms with Crippen LogP contribution in [0.25, 0.3) is 0 Å². The van der Waals surface area contributed by atoms with E-state index in [4.69, 9.17) is 9.26 Å². The van der Waals surface area contributed by atoms with Crippen LogP contribution in [0.3, 0.4) is 0 Å². The molecular weight excluding hydrogens is 256 g/mol. The minimum absolute atomic E-state index is 0.244. The van der Waals surface area contributed by atoms with E-state index in [1.165, 1.54) is 0 Å². The lowest BCUT2D eigenvalue weighted by atomic mass is 10.2. The number of nitrogens with one attached hydrogen (secondary N) is 1. The molecule has 2 heterocycles. The van der Waals surface area contributed by atoms with Gasteiger partial charge in [0.1, 0.15) is 5.75 Å². The summed E-state index contributed by atoms with van der Waals surface area (Å²) in [5.74, 6) is 2.15. The first-order chi connectivity index (χ1) is 9.60. The van der Waals surface area contributed by atoms with E-state index < -0.39 is 0 Å². The molecule has 0 amide bonds. The van der Waals surface area contributed by atoms with Gasteiger partial charge in [-0.2, -0.15) is 4.98 Å². The van der Waals surface area contributed by atoms with Crippen LogP contribution in [0.1, 0.15) is 42.9 Å². The van der Waals surface area contributed by atoms with Gasteiger partial charge in [-0.05, 0) is 26.1 Å². The maximum atomic E-state index is 5.73. The molecule has 0 aromatic carbocycles. The van der Waals surface area contributed by atoms with E-state index >= 15 is 0 Å². The SMILES string of the molecule is CNCc1nc(C)ccc1OCc1nc(C(C)C)no1. The fourth-order valence-corrected chi connectivity index (χ4v) is 1.72. The van der Waals surface area contributed by atoms with Crippen molar-refractivity contribution >= 4 is 0 Å². The molecule has 0 radical (unpaired) electrons. The molecule has 0 spiro atoms. The van der Waals surface area contributed by atoms with Crippen LogP contribution in [0.15, 0.2) is 16.7 Å². The molecule has 6 nitrogen and oxygen atoms in total. The summed E-state index contributed by atoms with van der Waals surface area (Å²) in [6, 6.07) is 3.83. The largest absolute Gasteiger partial charge is 0.482 e. The molecule has 0 saturated carbocycles. The Morgan fingerprint density at radius 2 is 2.10 bits per heavy atom. The zero-order chi connectivity index (χ0) is 14.5. The average molecular weight is 276 g/mol. The highest BCUT2D eigenvalue weighted by Gasteiger charge is 2.11. The van der Waals surface area contributed by atoms with Crippen LogP contribution < -0.4 is 10.1 Å². The van der Waals surface area contributed by atoms with Gasteiger partial charge in [-0.15, -0.1) is 0 Å². The van der Waals surface area contributed by atoms with E-state index in [1.54, 1.807) is 0 Å². The molecule has 2 rings (SSSR count). The first kappa shape index (κ1) is 14.5. The molecule has 0 atom stereocenters. The third kappa shape index (κ3) is 3.54. The third-order valence-electron chi connectivity index (χ3n) is 2.77. The van der Waals surface area contributed by atoms with E-state index in [-0.39, 0.29) is 12.5 Å². The molecule has 6 heteroatoms. The Hall–Kier alpha value is -1.95. The standard InChI is InChI=1S/C14H20N4O2/c1-9(2)14-17-13(20-18-14)8-19-12-6-5-10(3)16-11(12)7-15-4/h5-6,9,15H,7-8H2,1-4H3. The Morgan fingerprint density at radius 1 is 1.30 bits per heavy atom. The molecule has 0 fully saturated rings. The molecule has 1 N–H and O–H groups in total. The van der Waals surface area contributed by atoms with Gasteiger partial charge in [0.05, 0.1) is 5.69 Å². The molecule has 0 aliphatic heterocycles. The van der Waals surface area contributed by atoms with E-state index in [0.717, 1.165) is 17.1 Å². The van der Waals surface area contributed by atoms with Gasteiger partial charge in [-0.3, -0.25) is 4.98 Å². The van der Waals surface area contributed by atoms with Crippen LogP contribution >= 0.6 is 0 Å². The van der Waals surface area contributed by atoms with Crippen LogP contribution in [0.4, 0.5) is 0 Å². The van der Waals surface area contributed by atoms with E-state index in [2.05, 4.69) is 20.4 Å². The fraction of sp³-hybridized carbons (Fsp3) is 0.500. The number of hydrogen-bond acceptors (Lipinski definition) is 6. The van der Waals surface area contributed by atoms with Gasteiger partial charge in [0.2, 0.25) is 0 Å². The van der Waals surface area contributed by atoms with E-state index in [0.29, 0.717) is 18.3 Å². The van der Waals surface area contributed by atoms with Crippen molar-refractivity contribution in [3.05, 3.63) is 35.2 Å². The summed E-state index contributed by atoms with van der Waals surface area (Å²) in [4.78, 5) is 8.73. The smallest absolute Gasteiger partial charge is 0.264 e. The number of aryl methyl sites for hydroxylation is 1. The van der Waals surface area contributed by atoms with Crippen molar-refractivity contribution < 1.29 is 9.26 Å². The van der Waals surface area contributed by atoms with Crippen molar-refractivity contribution in [3.8, 4) is 5.75 Å². The summed E-state index contributed by atoms with van der Waals surface area (Å²) in [6.07, 6.45) is 0. The Balaban J connectivity index is 2.06. The van der Waals surface area contributed by atoms with Crippen molar-refractivity contribution in [1.82, 2.24) is 20.4 Å². The van der Waals surface area contributed by atoms with Gasteiger partial charge in [0, 0.05) is 18.2 Å². The van der Waals surface area contributed by atoms with Crippen molar-refractivity contribution in [1.29, 1.82) is 0 Å². The Kier molecular flexibility index (Phi) is 4.68. The lowest BCUT2D eigenvalue weighted by molar-refractivity contribution is 0.239. The topological polar surface area (TPSA) is 73.1 Å². The van der Waals surface area contributed by atoms with Gasteiger partial charge >= 0.3 is 0 Å². The summed E-state index contributed by atoms with van der Waals surface area (Å²) >= 11 is 0. The Morgan fingerprint density at radius 3 is 2.75 bits per heavy atom. The fourth-order valence-electron chi connectivity index (χ4n) is 1.72.